The Morgan fingerprint density at radius 1 is 1.25 bits per heavy atom. The van der Waals surface area contributed by atoms with E-state index < -0.39 is 10.2 Å². The minimum Gasteiger partial charge on any atom is -0.382 e. The number of anilines is 2. The lowest BCUT2D eigenvalue weighted by Gasteiger charge is -2.20. The van der Waals surface area contributed by atoms with Crippen molar-refractivity contribution < 1.29 is 8.42 Å². The lowest BCUT2D eigenvalue weighted by molar-refractivity contribution is 0.366. The predicted octanol–water partition coefficient (Wildman–Crippen LogP) is 2.54. The Morgan fingerprint density at radius 3 is 2.45 bits per heavy atom. The Labute approximate surface area is 121 Å². The largest absolute Gasteiger partial charge is 0.382 e. The number of benzene rings is 1. The molecule has 1 aliphatic carbocycles. The van der Waals surface area contributed by atoms with Gasteiger partial charge in [0, 0.05) is 11.7 Å². The molecule has 0 amide bonds. The highest BCUT2D eigenvalue weighted by atomic mass is 32.2. The van der Waals surface area contributed by atoms with Crippen LogP contribution in [0.5, 0.6) is 0 Å². The SMILES string of the molecule is CC1CC(C)(C)CC1Nc1cccc(NS(N)(=O)=O)c1. The van der Waals surface area contributed by atoms with Gasteiger partial charge in [0.05, 0.1) is 5.69 Å². The van der Waals surface area contributed by atoms with Gasteiger partial charge in [-0.1, -0.05) is 26.8 Å². The highest BCUT2D eigenvalue weighted by molar-refractivity contribution is 7.90. The molecule has 0 aromatic heterocycles. The molecule has 0 spiro atoms. The van der Waals surface area contributed by atoms with E-state index in [2.05, 4.69) is 30.8 Å². The number of hydrogen-bond acceptors (Lipinski definition) is 3. The lowest BCUT2D eigenvalue weighted by atomic mass is 9.91. The van der Waals surface area contributed by atoms with Gasteiger partial charge < -0.3 is 5.32 Å². The van der Waals surface area contributed by atoms with E-state index in [1.54, 1.807) is 18.2 Å². The van der Waals surface area contributed by atoms with Crippen molar-refractivity contribution in [3.05, 3.63) is 24.3 Å². The average molecular weight is 297 g/mol. The molecular weight excluding hydrogens is 274 g/mol. The minimum absolute atomic E-state index is 0.355. The second-order valence-electron chi connectivity index (χ2n) is 6.53. The van der Waals surface area contributed by atoms with Crippen molar-refractivity contribution >= 4 is 21.6 Å². The third-order valence-electron chi connectivity index (χ3n) is 3.81. The van der Waals surface area contributed by atoms with Crippen LogP contribution in [0, 0.1) is 11.3 Å². The van der Waals surface area contributed by atoms with Crippen molar-refractivity contribution in [2.24, 2.45) is 16.5 Å². The Morgan fingerprint density at radius 2 is 1.90 bits per heavy atom. The van der Waals surface area contributed by atoms with Crippen molar-refractivity contribution in [3.63, 3.8) is 0 Å². The average Bonchev–Trinajstić information content (AvgIpc) is 2.49. The molecule has 0 bridgehead atoms. The fourth-order valence-electron chi connectivity index (χ4n) is 3.14. The second-order valence-corrected chi connectivity index (χ2v) is 7.82. The molecule has 20 heavy (non-hydrogen) atoms. The highest BCUT2D eigenvalue weighted by Gasteiger charge is 2.36. The summed E-state index contributed by atoms with van der Waals surface area (Å²) in [5, 5.41) is 8.48. The molecule has 112 valence electrons. The first-order valence-corrected chi connectivity index (χ1v) is 8.36. The van der Waals surface area contributed by atoms with Crippen LogP contribution >= 0.6 is 0 Å². The molecule has 1 aromatic carbocycles. The monoisotopic (exact) mass is 297 g/mol. The van der Waals surface area contributed by atoms with E-state index in [-0.39, 0.29) is 0 Å². The third-order valence-corrected chi connectivity index (χ3v) is 4.33. The van der Waals surface area contributed by atoms with E-state index in [9.17, 15) is 8.42 Å². The number of nitrogens with two attached hydrogens (primary N) is 1. The zero-order chi connectivity index (χ0) is 15.0. The zero-order valence-electron chi connectivity index (χ0n) is 12.2. The maximum absolute atomic E-state index is 11.0. The van der Waals surface area contributed by atoms with Gasteiger partial charge in [-0.2, -0.15) is 8.42 Å². The fraction of sp³-hybridized carbons (Fsp3) is 0.571. The van der Waals surface area contributed by atoms with Crippen LogP contribution in [0.15, 0.2) is 24.3 Å². The van der Waals surface area contributed by atoms with Crippen molar-refractivity contribution in [2.45, 2.75) is 39.7 Å². The summed E-state index contributed by atoms with van der Waals surface area (Å²) in [4.78, 5) is 0. The third kappa shape index (κ3) is 4.11. The first-order valence-electron chi connectivity index (χ1n) is 6.82. The fourth-order valence-corrected chi connectivity index (χ4v) is 3.59. The molecule has 2 atom stereocenters. The van der Waals surface area contributed by atoms with Crippen LogP contribution in [0.4, 0.5) is 11.4 Å². The molecule has 0 heterocycles. The van der Waals surface area contributed by atoms with Gasteiger partial charge in [0.25, 0.3) is 10.2 Å². The van der Waals surface area contributed by atoms with Crippen LogP contribution in [-0.2, 0) is 10.2 Å². The molecule has 2 rings (SSSR count). The maximum atomic E-state index is 11.0. The molecule has 0 saturated heterocycles. The van der Waals surface area contributed by atoms with Gasteiger partial charge in [-0.15, -0.1) is 0 Å². The number of hydrogen-bond donors (Lipinski definition) is 3. The van der Waals surface area contributed by atoms with Crippen LogP contribution in [0.3, 0.4) is 0 Å². The first kappa shape index (κ1) is 15.1. The van der Waals surface area contributed by atoms with Crippen LogP contribution in [0.1, 0.15) is 33.6 Å². The Bertz CT molecular complexity index is 584. The predicted molar refractivity (Wildman–Crippen MR) is 82.8 cm³/mol. The van der Waals surface area contributed by atoms with E-state index in [1.165, 1.54) is 6.42 Å². The van der Waals surface area contributed by atoms with Gasteiger partial charge >= 0.3 is 0 Å². The summed E-state index contributed by atoms with van der Waals surface area (Å²) in [7, 11) is -3.73. The molecule has 0 radical (unpaired) electrons. The van der Waals surface area contributed by atoms with E-state index in [1.807, 2.05) is 6.07 Å². The Kier molecular flexibility index (Phi) is 3.97. The summed E-state index contributed by atoms with van der Waals surface area (Å²) in [5.41, 5.74) is 1.74. The molecule has 2 unspecified atom stereocenters. The summed E-state index contributed by atoms with van der Waals surface area (Å²) < 4.78 is 24.4. The zero-order valence-corrected chi connectivity index (χ0v) is 13.0. The summed E-state index contributed by atoms with van der Waals surface area (Å²) in [5.74, 6) is 0.597. The number of nitrogens with one attached hydrogen (secondary N) is 2. The van der Waals surface area contributed by atoms with E-state index in [0.29, 0.717) is 23.1 Å². The molecule has 6 heteroatoms. The Balaban J connectivity index is 2.09. The van der Waals surface area contributed by atoms with Crippen molar-refractivity contribution in [2.75, 3.05) is 10.0 Å². The van der Waals surface area contributed by atoms with Crippen LogP contribution < -0.4 is 15.2 Å². The summed E-state index contributed by atoms with van der Waals surface area (Å²) in [6, 6.07) is 7.60. The van der Waals surface area contributed by atoms with Crippen molar-refractivity contribution in [3.8, 4) is 0 Å². The summed E-state index contributed by atoms with van der Waals surface area (Å²) in [6.45, 7) is 6.81. The standard InChI is InChI=1S/C14H23N3O2S/c1-10-8-14(2,3)9-13(10)16-11-5-4-6-12(7-11)17-20(15,18)19/h4-7,10,13,16-17H,8-9H2,1-3H3,(H2,15,18,19). The summed E-state index contributed by atoms with van der Waals surface area (Å²) in [6.07, 6.45) is 2.31. The molecule has 0 aliphatic heterocycles. The molecule has 4 N–H and O–H groups in total. The van der Waals surface area contributed by atoms with E-state index >= 15 is 0 Å². The van der Waals surface area contributed by atoms with E-state index in [4.69, 9.17) is 5.14 Å². The van der Waals surface area contributed by atoms with E-state index in [0.717, 1.165) is 12.1 Å². The van der Waals surface area contributed by atoms with Crippen LogP contribution in [0.25, 0.3) is 0 Å². The van der Waals surface area contributed by atoms with Gasteiger partial charge in [0.2, 0.25) is 0 Å². The van der Waals surface area contributed by atoms with Crippen LogP contribution in [-0.4, -0.2) is 14.5 Å². The molecule has 1 saturated carbocycles. The Hall–Kier alpha value is -1.27. The van der Waals surface area contributed by atoms with Crippen molar-refractivity contribution in [1.82, 2.24) is 0 Å². The highest BCUT2D eigenvalue weighted by Crippen LogP contribution is 2.42. The minimum atomic E-state index is -3.73. The quantitative estimate of drug-likeness (QED) is 0.798. The molecule has 1 aliphatic rings. The van der Waals surface area contributed by atoms with Gasteiger partial charge in [-0.25, -0.2) is 5.14 Å². The second kappa shape index (κ2) is 5.26. The molecule has 1 fully saturated rings. The van der Waals surface area contributed by atoms with Crippen molar-refractivity contribution in [1.29, 1.82) is 0 Å². The molecular formula is C14H23N3O2S. The summed E-state index contributed by atoms with van der Waals surface area (Å²) >= 11 is 0. The maximum Gasteiger partial charge on any atom is 0.296 e. The number of rotatable bonds is 4. The molecule has 5 nitrogen and oxygen atoms in total. The van der Waals surface area contributed by atoms with Gasteiger partial charge in [0.15, 0.2) is 0 Å². The molecule has 1 aromatic rings. The lowest BCUT2D eigenvalue weighted by Crippen LogP contribution is -2.23. The van der Waals surface area contributed by atoms with Crippen LogP contribution in [0.2, 0.25) is 0 Å². The van der Waals surface area contributed by atoms with Gasteiger partial charge in [0.1, 0.15) is 0 Å². The normalized spacial score (nSPS) is 25.4. The topological polar surface area (TPSA) is 84.2 Å². The smallest absolute Gasteiger partial charge is 0.296 e. The first-order chi connectivity index (χ1) is 9.15. The van der Waals surface area contributed by atoms with Gasteiger partial charge in [-0.3, -0.25) is 4.72 Å². The van der Waals surface area contributed by atoms with Gasteiger partial charge in [-0.05, 0) is 42.4 Å².